The van der Waals surface area contributed by atoms with Gasteiger partial charge in [0.2, 0.25) is 0 Å². The van der Waals surface area contributed by atoms with Crippen LogP contribution in [-0.4, -0.2) is 28.0 Å². The first-order valence-electron chi connectivity index (χ1n) is 5.22. The number of anilines is 1. The molecule has 0 spiro atoms. The molecule has 0 radical (unpaired) electrons. The summed E-state index contributed by atoms with van der Waals surface area (Å²) in [5.74, 6) is -1.46. The van der Waals surface area contributed by atoms with Crippen LogP contribution in [0.3, 0.4) is 0 Å². The van der Waals surface area contributed by atoms with Crippen LogP contribution in [0.4, 0.5) is 5.13 Å². The highest BCUT2D eigenvalue weighted by Crippen LogP contribution is 2.19. The summed E-state index contributed by atoms with van der Waals surface area (Å²) in [7, 11) is 0. The van der Waals surface area contributed by atoms with Gasteiger partial charge < -0.3 is 16.2 Å². The number of amides is 1. The number of hydrogen-bond donors (Lipinski definition) is 3. The standard InChI is InChI=1S/C10H15N3O3S/c1-3-4-6(9(15)16)13-8(14)7-5(2)12-10(11)17-7/h6H,3-4H2,1-2H3,(H2,11,12)(H,13,14)(H,15,16)/t6-/m0/s1. The molecule has 0 aromatic carbocycles. The second-order valence-corrected chi connectivity index (χ2v) is 4.65. The van der Waals surface area contributed by atoms with Gasteiger partial charge in [0.05, 0.1) is 5.69 Å². The number of carboxylic acid groups (broad SMARTS) is 1. The number of thiazole rings is 1. The second kappa shape index (κ2) is 5.62. The number of carbonyl (C=O) groups excluding carboxylic acids is 1. The van der Waals surface area contributed by atoms with E-state index in [1.54, 1.807) is 6.92 Å². The van der Waals surface area contributed by atoms with Crippen molar-refractivity contribution >= 4 is 28.3 Å². The van der Waals surface area contributed by atoms with E-state index in [9.17, 15) is 9.59 Å². The third kappa shape index (κ3) is 3.42. The van der Waals surface area contributed by atoms with E-state index < -0.39 is 17.9 Å². The van der Waals surface area contributed by atoms with Crippen LogP contribution in [0.5, 0.6) is 0 Å². The first kappa shape index (κ1) is 13.4. The van der Waals surface area contributed by atoms with E-state index >= 15 is 0 Å². The maximum absolute atomic E-state index is 11.8. The minimum absolute atomic E-state index is 0.301. The summed E-state index contributed by atoms with van der Waals surface area (Å²) in [6.45, 7) is 3.52. The topological polar surface area (TPSA) is 105 Å². The fourth-order valence-corrected chi connectivity index (χ4v) is 2.13. The Morgan fingerprint density at radius 2 is 2.24 bits per heavy atom. The summed E-state index contributed by atoms with van der Waals surface area (Å²) in [6, 6.07) is -0.866. The molecule has 17 heavy (non-hydrogen) atoms. The zero-order valence-corrected chi connectivity index (χ0v) is 10.5. The highest BCUT2D eigenvalue weighted by atomic mass is 32.1. The van der Waals surface area contributed by atoms with Crippen LogP contribution in [-0.2, 0) is 4.79 Å². The Hall–Kier alpha value is -1.63. The highest BCUT2D eigenvalue weighted by Gasteiger charge is 2.22. The fourth-order valence-electron chi connectivity index (χ4n) is 1.40. The van der Waals surface area contributed by atoms with Crippen molar-refractivity contribution in [1.82, 2.24) is 10.3 Å². The summed E-state index contributed by atoms with van der Waals surface area (Å²) in [6.07, 6.45) is 1.08. The van der Waals surface area contributed by atoms with Crippen molar-refractivity contribution in [3.63, 3.8) is 0 Å². The number of nitrogen functional groups attached to an aromatic ring is 1. The van der Waals surface area contributed by atoms with E-state index in [1.165, 1.54) is 0 Å². The Morgan fingerprint density at radius 1 is 1.59 bits per heavy atom. The molecule has 0 aliphatic rings. The molecule has 4 N–H and O–H groups in total. The van der Waals surface area contributed by atoms with E-state index in [0.29, 0.717) is 28.5 Å². The Morgan fingerprint density at radius 3 is 2.65 bits per heavy atom. The zero-order chi connectivity index (χ0) is 13.0. The van der Waals surface area contributed by atoms with Crippen LogP contribution in [0, 0.1) is 6.92 Å². The predicted molar refractivity (Wildman–Crippen MR) is 65.1 cm³/mol. The van der Waals surface area contributed by atoms with Gasteiger partial charge in [-0.15, -0.1) is 0 Å². The maximum atomic E-state index is 11.8. The lowest BCUT2D eigenvalue weighted by Crippen LogP contribution is -2.40. The van der Waals surface area contributed by atoms with Gasteiger partial charge in [0.1, 0.15) is 10.9 Å². The quantitative estimate of drug-likeness (QED) is 0.730. The number of rotatable bonds is 5. The average Bonchev–Trinajstić information content (AvgIpc) is 2.57. The SMILES string of the molecule is CCC[C@H](NC(=O)c1sc(N)nc1C)C(=O)O. The third-order valence-electron chi connectivity index (χ3n) is 2.20. The van der Waals surface area contributed by atoms with E-state index in [4.69, 9.17) is 10.8 Å². The number of aliphatic carboxylic acids is 1. The minimum Gasteiger partial charge on any atom is -0.480 e. The summed E-state index contributed by atoms with van der Waals surface area (Å²) >= 11 is 1.06. The Kier molecular flexibility index (Phi) is 4.45. The third-order valence-corrected chi connectivity index (χ3v) is 3.19. The molecule has 0 unspecified atom stereocenters. The van der Waals surface area contributed by atoms with Crippen LogP contribution in [0.25, 0.3) is 0 Å². The molecule has 1 aromatic heterocycles. The molecule has 1 aromatic rings. The Labute approximate surface area is 103 Å². The molecule has 0 bridgehead atoms. The van der Waals surface area contributed by atoms with Gasteiger partial charge in [0.25, 0.3) is 5.91 Å². The first-order chi connectivity index (χ1) is 7.95. The number of carboxylic acids is 1. The van der Waals surface area contributed by atoms with Crippen LogP contribution in [0.1, 0.15) is 35.1 Å². The van der Waals surface area contributed by atoms with Gasteiger partial charge >= 0.3 is 5.97 Å². The molecule has 1 atom stereocenters. The van der Waals surface area contributed by atoms with Gasteiger partial charge in [-0.3, -0.25) is 4.79 Å². The molecule has 6 nitrogen and oxygen atoms in total. The Balaban J connectivity index is 2.77. The van der Waals surface area contributed by atoms with E-state index in [1.807, 2.05) is 6.92 Å². The smallest absolute Gasteiger partial charge is 0.326 e. The van der Waals surface area contributed by atoms with Crippen molar-refractivity contribution in [1.29, 1.82) is 0 Å². The number of hydrogen-bond acceptors (Lipinski definition) is 5. The molecule has 94 valence electrons. The van der Waals surface area contributed by atoms with Crippen molar-refractivity contribution in [3.05, 3.63) is 10.6 Å². The number of aromatic nitrogens is 1. The van der Waals surface area contributed by atoms with Crippen LogP contribution >= 0.6 is 11.3 Å². The van der Waals surface area contributed by atoms with Crippen molar-refractivity contribution < 1.29 is 14.7 Å². The summed E-state index contributed by atoms with van der Waals surface area (Å²) in [5.41, 5.74) is 6.00. The van der Waals surface area contributed by atoms with E-state index in [0.717, 1.165) is 11.3 Å². The fraction of sp³-hybridized carbons (Fsp3) is 0.500. The predicted octanol–water partition coefficient (Wildman–Crippen LogP) is 1.02. The van der Waals surface area contributed by atoms with Gasteiger partial charge in [-0.1, -0.05) is 24.7 Å². The van der Waals surface area contributed by atoms with E-state index in [2.05, 4.69) is 10.3 Å². The second-order valence-electron chi connectivity index (χ2n) is 3.62. The largest absolute Gasteiger partial charge is 0.480 e. The van der Waals surface area contributed by atoms with E-state index in [-0.39, 0.29) is 0 Å². The van der Waals surface area contributed by atoms with Crippen LogP contribution in [0.2, 0.25) is 0 Å². The number of carbonyl (C=O) groups is 2. The lowest BCUT2D eigenvalue weighted by molar-refractivity contribution is -0.139. The number of nitrogens with zero attached hydrogens (tertiary/aromatic N) is 1. The monoisotopic (exact) mass is 257 g/mol. The molecule has 0 saturated carbocycles. The highest BCUT2D eigenvalue weighted by molar-refractivity contribution is 7.17. The van der Waals surface area contributed by atoms with Crippen molar-refractivity contribution in [2.75, 3.05) is 5.73 Å². The molecule has 0 aliphatic carbocycles. The summed E-state index contributed by atoms with van der Waals surface area (Å²) in [4.78, 5) is 27.0. The Bertz CT molecular complexity index is 430. The van der Waals surface area contributed by atoms with Gasteiger partial charge in [-0.25, -0.2) is 9.78 Å². The molecule has 0 saturated heterocycles. The van der Waals surface area contributed by atoms with Gasteiger partial charge in [-0.05, 0) is 13.3 Å². The van der Waals surface area contributed by atoms with Gasteiger partial charge in [-0.2, -0.15) is 0 Å². The van der Waals surface area contributed by atoms with Crippen molar-refractivity contribution in [2.45, 2.75) is 32.7 Å². The normalized spacial score (nSPS) is 12.1. The summed E-state index contributed by atoms with van der Waals surface area (Å²) < 4.78 is 0. The van der Waals surface area contributed by atoms with Crippen molar-refractivity contribution in [3.8, 4) is 0 Å². The lowest BCUT2D eigenvalue weighted by atomic mass is 10.1. The van der Waals surface area contributed by atoms with Crippen LogP contribution < -0.4 is 11.1 Å². The van der Waals surface area contributed by atoms with Gasteiger partial charge in [0, 0.05) is 0 Å². The molecule has 1 heterocycles. The molecule has 0 fully saturated rings. The number of nitrogens with one attached hydrogen (secondary N) is 1. The molecule has 7 heteroatoms. The van der Waals surface area contributed by atoms with Gasteiger partial charge in [0.15, 0.2) is 5.13 Å². The molecule has 0 aliphatic heterocycles. The summed E-state index contributed by atoms with van der Waals surface area (Å²) in [5, 5.41) is 11.7. The lowest BCUT2D eigenvalue weighted by Gasteiger charge is -2.12. The first-order valence-corrected chi connectivity index (χ1v) is 6.04. The molecule has 1 amide bonds. The molecular weight excluding hydrogens is 242 g/mol. The average molecular weight is 257 g/mol. The van der Waals surface area contributed by atoms with Crippen LogP contribution in [0.15, 0.2) is 0 Å². The zero-order valence-electron chi connectivity index (χ0n) is 9.69. The molecule has 1 rings (SSSR count). The van der Waals surface area contributed by atoms with Crippen molar-refractivity contribution in [2.24, 2.45) is 0 Å². The number of aryl methyl sites for hydroxylation is 1. The maximum Gasteiger partial charge on any atom is 0.326 e. The number of nitrogens with two attached hydrogens (primary N) is 1. The molecular formula is C10H15N3O3S. The minimum atomic E-state index is -1.03.